The van der Waals surface area contributed by atoms with E-state index in [1.807, 2.05) is 60.8 Å². The molecule has 0 unspecified atom stereocenters. The molecule has 1 aliphatic carbocycles. The van der Waals surface area contributed by atoms with E-state index < -0.39 is 0 Å². The van der Waals surface area contributed by atoms with E-state index in [-0.39, 0.29) is 25.5 Å². The molecule has 0 saturated carbocycles. The molecule has 1 aliphatic rings. The van der Waals surface area contributed by atoms with Crippen LogP contribution in [0.25, 0.3) is 44.4 Å². The van der Waals surface area contributed by atoms with Gasteiger partial charge in [0.1, 0.15) is 0 Å². The van der Waals surface area contributed by atoms with Crippen LogP contribution in [0, 0.1) is 19.1 Å². The molecule has 6 aromatic rings. The average molecular weight is 681 g/mol. The third-order valence-corrected chi connectivity index (χ3v) is 7.29. The Morgan fingerprint density at radius 3 is 2.18 bits per heavy atom. The minimum Gasteiger partial charge on any atom is -0.305 e. The minimum absolute atomic E-state index is 0. The molecule has 0 aliphatic heterocycles. The maximum absolute atomic E-state index is 4.65. The number of nitrogens with zero attached hydrogens (tertiary/aromatic N) is 2. The fraction of sp³-hybridized carbons (Fsp3) is 0.111. The van der Waals surface area contributed by atoms with Gasteiger partial charge in [0, 0.05) is 32.5 Å². The summed E-state index contributed by atoms with van der Waals surface area (Å²) in [5, 5.41) is 2.64. The van der Waals surface area contributed by atoms with E-state index in [1.54, 1.807) is 6.20 Å². The van der Waals surface area contributed by atoms with Gasteiger partial charge < -0.3 is 9.97 Å². The minimum atomic E-state index is -0.0932. The summed E-state index contributed by atoms with van der Waals surface area (Å²) in [6, 6.07) is 42.0. The van der Waals surface area contributed by atoms with Crippen LogP contribution < -0.4 is 0 Å². The molecule has 2 nitrogen and oxygen atoms in total. The van der Waals surface area contributed by atoms with Crippen LogP contribution in [0.15, 0.2) is 116 Å². The van der Waals surface area contributed by atoms with Crippen LogP contribution >= 0.6 is 0 Å². The Hall–Kier alpha value is -3.91. The summed E-state index contributed by atoms with van der Waals surface area (Å²) in [5.41, 5.74) is 10.7. The quantitative estimate of drug-likeness (QED) is 0.171. The Kier molecular flexibility index (Phi) is 7.57. The molecule has 0 atom stereocenters. The van der Waals surface area contributed by atoms with Crippen molar-refractivity contribution in [2.45, 2.75) is 26.2 Å². The van der Waals surface area contributed by atoms with Crippen molar-refractivity contribution in [1.29, 1.82) is 0 Å². The summed E-state index contributed by atoms with van der Waals surface area (Å²) < 4.78 is 0. The predicted molar refractivity (Wildman–Crippen MR) is 157 cm³/mol. The summed E-state index contributed by atoms with van der Waals surface area (Å²) in [6.45, 7) is 6.77. The van der Waals surface area contributed by atoms with Gasteiger partial charge in [-0.05, 0) is 57.8 Å². The molecule has 39 heavy (non-hydrogen) atoms. The van der Waals surface area contributed by atoms with Crippen LogP contribution in [0.3, 0.4) is 0 Å². The van der Waals surface area contributed by atoms with Gasteiger partial charge in [-0.1, -0.05) is 79.6 Å². The third kappa shape index (κ3) is 4.96. The molecule has 0 bridgehead atoms. The predicted octanol–water partition coefficient (Wildman–Crippen LogP) is 8.86. The number of fused-ring (bicyclic) bond motifs is 5. The standard InChI is InChI=1S/C25H20N.C11H8N.Ir/c1-16-13-14-26-22(15-16)21-10-6-9-19-20-12-11-17-7-4-5-8-18(17)23(20)25(2,3)24(19)21;1-2-6-10(7-3-1)11-8-4-5-9-12-11;/h4-9,11-15H,1-3H3;1-6,8-9H;/q2*-1;. The Morgan fingerprint density at radius 1 is 0.641 bits per heavy atom. The fourth-order valence-electron chi connectivity index (χ4n) is 5.62. The number of pyridine rings is 2. The average Bonchev–Trinajstić information content (AvgIpc) is 3.21. The number of aromatic nitrogens is 2. The molecule has 4 aromatic carbocycles. The van der Waals surface area contributed by atoms with Gasteiger partial charge in [0.15, 0.2) is 0 Å². The van der Waals surface area contributed by atoms with E-state index in [1.165, 1.54) is 38.6 Å². The van der Waals surface area contributed by atoms with Gasteiger partial charge in [-0.2, -0.15) is 0 Å². The van der Waals surface area contributed by atoms with E-state index in [0.717, 1.165) is 22.5 Å². The second-order valence-corrected chi connectivity index (χ2v) is 10.2. The van der Waals surface area contributed by atoms with Crippen LogP contribution in [0.2, 0.25) is 0 Å². The first-order valence-electron chi connectivity index (χ1n) is 12.9. The molecule has 2 aromatic heterocycles. The molecule has 3 heteroatoms. The third-order valence-electron chi connectivity index (χ3n) is 7.29. The van der Waals surface area contributed by atoms with E-state index in [2.05, 4.69) is 91.4 Å². The molecule has 0 amide bonds. The summed E-state index contributed by atoms with van der Waals surface area (Å²) >= 11 is 0. The van der Waals surface area contributed by atoms with Crippen LogP contribution in [-0.2, 0) is 25.5 Å². The summed E-state index contributed by atoms with van der Waals surface area (Å²) in [7, 11) is 0. The van der Waals surface area contributed by atoms with Crippen molar-refractivity contribution in [2.75, 3.05) is 0 Å². The summed E-state index contributed by atoms with van der Waals surface area (Å²) in [6.07, 6.45) is 3.68. The first-order chi connectivity index (χ1) is 18.5. The maximum Gasteiger partial charge on any atom is 0.0163 e. The van der Waals surface area contributed by atoms with Crippen molar-refractivity contribution in [1.82, 2.24) is 9.97 Å². The summed E-state index contributed by atoms with van der Waals surface area (Å²) in [4.78, 5) is 8.86. The maximum atomic E-state index is 4.65. The number of aryl methyl sites for hydroxylation is 1. The Balaban J connectivity index is 0.000000200. The van der Waals surface area contributed by atoms with Gasteiger partial charge in [-0.15, -0.1) is 65.2 Å². The molecule has 0 fully saturated rings. The zero-order valence-corrected chi connectivity index (χ0v) is 24.6. The normalized spacial score (nSPS) is 12.5. The molecule has 7 rings (SSSR count). The number of rotatable bonds is 2. The van der Waals surface area contributed by atoms with E-state index in [9.17, 15) is 0 Å². The van der Waals surface area contributed by atoms with Gasteiger partial charge in [0.05, 0.1) is 0 Å². The van der Waals surface area contributed by atoms with Crippen LogP contribution in [0.1, 0.15) is 30.5 Å². The molecule has 0 spiro atoms. The molecule has 0 saturated heterocycles. The molecule has 193 valence electrons. The second kappa shape index (κ2) is 11.1. The van der Waals surface area contributed by atoms with Crippen molar-refractivity contribution in [3.8, 4) is 33.6 Å². The molecule has 2 heterocycles. The first-order valence-corrected chi connectivity index (χ1v) is 12.9. The Labute approximate surface area is 244 Å². The smallest absolute Gasteiger partial charge is 0.0163 e. The summed E-state index contributed by atoms with van der Waals surface area (Å²) in [5.74, 6) is 0. The fourth-order valence-corrected chi connectivity index (χ4v) is 5.62. The van der Waals surface area contributed by atoms with E-state index in [0.29, 0.717) is 0 Å². The number of hydrogen-bond acceptors (Lipinski definition) is 2. The van der Waals surface area contributed by atoms with E-state index in [4.69, 9.17) is 0 Å². The van der Waals surface area contributed by atoms with Crippen molar-refractivity contribution in [2.24, 2.45) is 0 Å². The van der Waals surface area contributed by atoms with Crippen LogP contribution in [0.5, 0.6) is 0 Å². The molecular formula is C36H28IrN2-2. The van der Waals surface area contributed by atoms with Crippen molar-refractivity contribution < 1.29 is 20.1 Å². The Morgan fingerprint density at radius 2 is 1.41 bits per heavy atom. The largest absolute Gasteiger partial charge is 0.305 e. The van der Waals surface area contributed by atoms with Gasteiger partial charge >= 0.3 is 0 Å². The molecule has 1 radical (unpaired) electrons. The second-order valence-electron chi connectivity index (χ2n) is 10.2. The van der Waals surface area contributed by atoms with Gasteiger partial charge in [-0.3, -0.25) is 0 Å². The van der Waals surface area contributed by atoms with Gasteiger partial charge in [-0.25, -0.2) is 0 Å². The van der Waals surface area contributed by atoms with Crippen molar-refractivity contribution >= 4 is 10.8 Å². The van der Waals surface area contributed by atoms with Crippen LogP contribution in [-0.4, -0.2) is 9.97 Å². The zero-order chi connectivity index (χ0) is 26.1. The topological polar surface area (TPSA) is 25.8 Å². The van der Waals surface area contributed by atoms with Crippen molar-refractivity contribution in [3.05, 3.63) is 144 Å². The first kappa shape index (κ1) is 26.7. The van der Waals surface area contributed by atoms with Crippen LogP contribution in [0.4, 0.5) is 0 Å². The molecule has 0 N–H and O–H groups in total. The zero-order valence-electron chi connectivity index (χ0n) is 22.2. The Bertz CT molecular complexity index is 1700. The number of benzene rings is 4. The molecular weight excluding hydrogens is 653 g/mol. The van der Waals surface area contributed by atoms with Gasteiger partial charge in [0.2, 0.25) is 0 Å². The number of hydrogen-bond donors (Lipinski definition) is 0. The van der Waals surface area contributed by atoms with Crippen molar-refractivity contribution in [3.63, 3.8) is 0 Å². The monoisotopic (exact) mass is 681 g/mol. The SMILES string of the molecule is Cc1ccnc(-c2[c-]ccc3c2C(C)(C)c2c-3ccc3ccccc23)c1.[Ir].[c-]1ccccc1-c1ccccn1. The van der Waals surface area contributed by atoms with E-state index >= 15 is 0 Å². The van der Waals surface area contributed by atoms with Gasteiger partial charge in [0.25, 0.3) is 0 Å².